The molecule has 0 fully saturated rings. The highest BCUT2D eigenvalue weighted by molar-refractivity contribution is 5.94. The maximum Gasteiger partial charge on any atom is 0.337 e. The number of carbonyl (C=O) groups is 1. The lowest BCUT2D eigenvalue weighted by Gasteiger charge is -2.24. The Kier molecular flexibility index (Phi) is 4.28. The summed E-state index contributed by atoms with van der Waals surface area (Å²) in [6.07, 6.45) is -0.335. The summed E-state index contributed by atoms with van der Waals surface area (Å²) in [4.78, 5) is 21.1. The average Bonchev–Trinajstić information content (AvgIpc) is 3.29. The van der Waals surface area contributed by atoms with E-state index in [1.807, 2.05) is 43.3 Å². The number of hydrogen-bond acceptors (Lipinski definition) is 6. The number of para-hydroxylation sites is 2. The van der Waals surface area contributed by atoms with E-state index in [4.69, 9.17) is 15.5 Å². The number of nitrogens with zero attached hydrogens (tertiary/aromatic N) is 4. The molecule has 0 saturated carbocycles. The van der Waals surface area contributed by atoms with Crippen LogP contribution < -0.4 is 11.1 Å². The van der Waals surface area contributed by atoms with Crippen molar-refractivity contribution < 1.29 is 9.53 Å². The van der Waals surface area contributed by atoms with Crippen LogP contribution in [-0.4, -0.2) is 33.2 Å². The highest BCUT2D eigenvalue weighted by Gasteiger charge is 2.28. The minimum atomic E-state index is -0.354. The molecule has 5 rings (SSSR count). The largest absolute Gasteiger partial charge is 0.465 e. The van der Waals surface area contributed by atoms with Gasteiger partial charge in [0.1, 0.15) is 0 Å². The quantitative estimate of drug-likeness (QED) is 0.500. The lowest BCUT2D eigenvalue weighted by atomic mass is 10.1. The Bertz CT molecular complexity index is 1350. The van der Waals surface area contributed by atoms with Crippen molar-refractivity contribution in [3.8, 4) is 5.69 Å². The van der Waals surface area contributed by atoms with Gasteiger partial charge in [-0.25, -0.2) is 14.8 Å². The fourth-order valence-electron chi connectivity index (χ4n) is 4.24. The van der Waals surface area contributed by atoms with Gasteiger partial charge in [-0.2, -0.15) is 0 Å². The number of nitrogens with two attached hydrogens (primary N) is 1. The van der Waals surface area contributed by atoms with Crippen LogP contribution in [0.5, 0.6) is 0 Å². The molecule has 0 amide bonds. The Labute approximate surface area is 179 Å². The number of imidazole rings is 1. The van der Waals surface area contributed by atoms with Crippen molar-refractivity contribution in [1.29, 1.82) is 0 Å². The van der Waals surface area contributed by atoms with Gasteiger partial charge in [0.25, 0.3) is 0 Å². The average molecular weight is 414 g/mol. The minimum Gasteiger partial charge on any atom is -0.465 e. The number of esters is 1. The molecule has 2 aromatic carbocycles. The third-order valence-corrected chi connectivity index (χ3v) is 5.64. The molecule has 1 atom stereocenters. The number of ether oxygens (including phenoxy) is 1. The molecule has 4 aromatic rings. The van der Waals surface area contributed by atoms with Crippen molar-refractivity contribution in [1.82, 2.24) is 14.1 Å². The Morgan fingerprint density at radius 2 is 1.87 bits per heavy atom. The molecular formula is C23H22N6O2. The van der Waals surface area contributed by atoms with Crippen LogP contribution in [0.1, 0.15) is 33.5 Å². The Balaban J connectivity index is 1.63. The molecule has 1 aliphatic rings. The van der Waals surface area contributed by atoms with Crippen LogP contribution in [-0.2, 0) is 4.74 Å². The molecular weight excluding hydrogens is 392 g/mol. The zero-order valence-electron chi connectivity index (χ0n) is 17.5. The van der Waals surface area contributed by atoms with Gasteiger partial charge in [0, 0.05) is 22.6 Å². The first-order valence-corrected chi connectivity index (χ1v) is 9.93. The van der Waals surface area contributed by atoms with Crippen LogP contribution in [0.3, 0.4) is 0 Å². The summed E-state index contributed by atoms with van der Waals surface area (Å²) in [5, 5.41) is 3.07. The van der Waals surface area contributed by atoms with E-state index in [-0.39, 0.29) is 12.1 Å². The number of aliphatic imine (C=N–C) groups is 1. The molecule has 0 bridgehead atoms. The summed E-state index contributed by atoms with van der Waals surface area (Å²) in [6, 6.07) is 17.4. The number of aryl methyl sites for hydroxylation is 1. The molecule has 8 heteroatoms. The van der Waals surface area contributed by atoms with E-state index < -0.39 is 0 Å². The van der Waals surface area contributed by atoms with Gasteiger partial charge in [0.2, 0.25) is 5.95 Å². The van der Waals surface area contributed by atoms with Crippen molar-refractivity contribution in [2.24, 2.45) is 10.7 Å². The van der Waals surface area contributed by atoms with Crippen LogP contribution in [0, 0.1) is 13.8 Å². The Morgan fingerprint density at radius 1 is 1.13 bits per heavy atom. The van der Waals surface area contributed by atoms with Gasteiger partial charge in [0.15, 0.2) is 12.1 Å². The van der Waals surface area contributed by atoms with E-state index >= 15 is 0 Å². The summed E-state index contributed by atoms with van der Waals surface area (Å²) in [5.74, 6) is 0.651. The van der Waals surface area contributed by atoms with Crippen molar-refractivity contribution in [2.45, 2.75) is 20.0 Å². The maximum atomic E-state index is 11.8. The van der Waals surface area contributed by atoms with E-state index in [1.54, 1.807) is 12.1 Å². The molecule has 2 aromatic heterocycles. The molecule has 0 aliphatic carbocycles. The van der Waals surface area contributed by atoms with Gasteiger partial charge in [-0.1, -0.05) is 12.1 Å². The molecule has 1 aliphatic heterocycles. The second-order valence-corrected chi connectivity index (χ2v) is 7.51. The first-order chi connectivity index (χ1) is 15.0. The topological polar surface area (TPSA) is 99.5 Å². The zero-order chi connectivity index (χ0) is 21.7. The standard InChI is InChI=1S/C23H22N6O2/c1-13-12-17(14(2)28(13)16-10-8-15(9-11-16)21(30)31-3)20-26-22(24)27-23-25-18-6-4-5-7-19(18)29(20)23/h4-12,20H,1-3H3,(H3,24,25,26,27)/t20-/m0/s1. The van der Waals surface area contributed by atoms with E-state index in [0.717, 1.165) is 33.7 Å². The number of fused-ring (bicyclic) bond motifs is 3. The van der Waals surface area contributed by atoms with Gasteiger partial charge in [0.05, 0.1) is 23.7 Å². The third kappa shape index (κ3) is 2.95. The number of carbonyl (C=O) groups excluding carboxylic acids is 1. The number of benzene rings is 2. The summed E-state index contributed by atoms with van der Waals surface area (Å²) in [6.45, 7) is 4.11. The molecule has 156 valence electrons. The smallest absolute Gasteiger partial charge is 0.337 e. The van der Waals surface area contributed by atoms with Crippen LogP contribution in [0.25, 0.3) is 16.7 Å². The molecule has 0 radical (unpaired) electrons. The fraction of sp³-hybridized carbons (Fsp3) is 0.174. The summed E-state index contributed by atoms with van der Waals surface area (Å²) in [7, 11) is 1.38. The number of aromatic nitrogens is 3. The molecule has 3 heterocycles. The van der Waals surface area contributed by atoms with E-state index in [1.165, 1.54) is 7.11 Å². The summed E-state index contributed by atoms with van der Waals surface area (Å²) in [5.41, 5.74) is 12.6. The van der Waals surface area contributed by atoms with Crippen molar-refractivity contribution in [2.75, 3.05) is 12.4 Å². The van der Waals surface area contributed by atoms with E-state index in [9.17, 15) is 4.79 Å². The number of rotatable bonds is 3. The van der Waals surface area contributed by atoms with Gasteiger partial charge in [-0.05, 0) is 56.3 Å². The predicted octanol–water partition coefficient (Wildman–Crippen LogP) is 3.52. The number of hydrogen-bond donors (Lipinski definition) is 2. The number of nitrogens with one attached hydrogen (secondary N) is 1. The molecule has 3 N–H and O–H groups in total. The SMILES string of the molecule is COC(=O)c1ccc(-n2c(C)cc([C@H]3N=C(N)Nc4nc5ccccc5n43)c2C)cc1. The second-order valence-electron chi connectivity index (χ2n) is 7.51. The number of anilines is 1. The lowest BCUT2D eigenvalue weighted by molar-refractivity contribution is 0.0600. The Hall–Kier alpha value is -4.07. The highest BCUT2D eigenvalue weighted by Crippen LogP contribution is 2.35. The number of methoxy groups -OCH3 is 1. The second kappa shape index (κ2) is 7.02. The third-order valence-electron chi connectivity index (χ3n) is 5.64. The highest BCUT2D eigenvalue weighted by atomic mass is 16.5. The minimum absolute atomic E-state index is 0.333. The van der Waals surface area contributed by atoms with Gasteiger partial charge in [-0.15, -0.1) is 0 Å². The van der Waals surface area contributed by atoms with Crippen molar-refractivity contribution in [3.63, 3.8) is 0 Å². The molecule has 31 heavy (non-hydrogen) atoms. The molecule has 0 unspecified atom stereocenters. The zero-order valence-corrected chi connectivity index (χ0v) is 17.5. The maximum absolute atomic E-state index is 11.8. The summed E-state index contributed by atoms with van der Waals surface area (Å²) < 4.78 is 9.01. The molecule has 8 nitrogen and oxygen atoms in total. The van der Waals surface area contributed by atoms with E-state index in [0.29, 0.717) is 17.5 Å². The van der Waals surface area contributed by atoms with Crippen LogP contribution >= 0.6 is 0 Å². The van der Waals surface area contributed by atoms with Crippen LogP contribution in [0.15, 0.2) is 59.6 Å². The predicted molar refractivity (Wildman–Crippen MR) is 120 cm³/mol. The van der Waals surface area contributed by atoms with Gasteiger partial charge < -0.3 is 15.0 Å². The normalized spacial score (nSPS) is 15.3. The van der Waals surface area contributed by atoms with Crippen LogP contribution in [0.4, 0.5) is 5.95 Å². The van der Waals surface area contributed by atoms with Gasteiger partial charge >= 0.3 is 5.97 Å². The summed E-state index contributed by atoms with van der Waals surface area (Å²) >= 11 is 0. The fourth-order valence-corrected chi connectivity index (χ4v) is 4.24. The molecule has 0 spiro atoms. The van der Waals surface area contributed by atoms with Gasteiger partial charge in [-0.3, -0.25) is 9.88 Å². The Morgan fingerprint density at radius 3 is 2.61 bits per heavy atom. The van der Waals surface area contributed by atoms with Crippen LogP contribution in [0.2, 0.25) is 0 Å². The first kappa shape index (κ1) is 18.9. The number of guanidine groups is 1. The first-order valence-electron chi connectivity index (χ1n) is 9.93. The van der Waals surface area contributed by atoms with Crippen molar-refractivity contribution in [3.05, 3.63) is 77.1 Å². The van der Waals surface area contributed by atoms with E-state index in [2.05, 4.69) is 32.4 Å². The lowest BCUT2D eigenvalue weighted by Crippen LogP contribution is -2.31. The van der Waals surface area contributed by atoms with Crippen molar-refractivity contribution >= 4 is 28.9 Å². The molecule has 0 saturated heterocycles. The monoisotopic (exact) mass is 414 g/mol.